The minimum atomic E-state index is -0.623. The van der Waals surface area contributed by atoms with Crippen molar-refractivity contribution >= 4 is 22.7 Å². The molecule has 0 aliphatic heterocycles. The molecule has 0 unspecified atom stereocenters. The Bertz CT molecular complexity index is 910. The van der Waals surface area contributed by atoms with E-state index >= 15 is 0 Å². The highest BCUT2D eigenvalue weighted by molar-refractivity contribution is 6.11. The molecule has 0 fully saturated rings. The molecule has 112 valence electrons. The Balaban J connectivity index is 2.05. The fraction of sp³-hybridized carbons (Fsp3) is 0.133. The van der Waals surface area contributed by atoms with E-state index in [2.05, 4.69) is 10.5 Å². The Morgan fingerprint density at radius 2 is 2.09 bits per heavy atom. The quantitative estimate of drug-likeness (QED) is 0.746. The maximum Gasteiger partial charge on any atom is 0.337 e. The molecule has 2 aromatic heterocycles. The van der Waals surface area contributed by atoms with Crippen LogP contribution in [-0.4, -0.2) is 18.2 Å². The summed E-state index contributed by atoms with van der Waals surface area (Å²) in [6, 6.07) is 7.60. The lowest BCUT2D eigenvalue weighted by atomic mass is 10.1. The lowest BCUT2D eigenvalue weighted by Crippen LogP contribution is -2.15. The molecule has 22 heavy (non-hydrogen) atoms. The first kappa shape index (κ1) is 13.9. The van der Waals surface area contributed by atoms with Crippen LogP contribution in [0.1, 0.15) is 16.1 Å². The van der Waals surface area contributed by atoms with Crippen LogP contribution in [0.15, 0.2) is 44.1 Å². The van der Waals surface area contributed by atoms with Crippen LogP contribution in [0.25, 0.3) is 11.0 Å². The molecule has 0 radical (unpaired) electrons. The maximum atomic E-state index is 12.3. The summed E-state index contributed by atoms with van der Waals surface area (Å²) >= 11 is 0. The number of benzene rings is 1. The van der Waals surface area contributed by atoms with E-state index in [-0.39, 0.29) is 17.0 Å². The smallest absolute Gasteiger partial charge is 0.337 e. The summed E-state index contributed by atoms with van der Waals surface area (Å²) < 4.78 is 15.1. The molecule has 0 saturated heterocycles. The average molecular weight is 300 g/mol. The van der Waals surface area contributed by atoms with Crippen molar-refractivity contribution in [2.75, 3.05) is 12.4 Å². The number of fused-ring (bicyclic) bond motifs is 1. The zero-order valence-electron chi connectivity index (χ0n) is 11.9. The van der Waals surface area contributed by atoms with Gasteiger partial charge in [-0.05, 0) is 19.1 Å². The predicted octanol–water partition coefficient (Wildman–Crippen LogP) is 2.35. The van der Waals surface area contributed by atoms with Gasteiger partial charge < -0.3 is 19.0 Å². The first-order valence-electron chi connectivity index (χ1n) is 6.43. The van der Waals surface area contributed by atoms with Gasteiger partial charge in [-0.1, -0.05) is 5.16 Å². The molecule has 1 amide bonds. The highest BCUT2D eigenvalue weighted by Crippen LogP contribution is 2.23. The number of aromatic nitrogens is 1. The summed E-state index contributed by atoms with van der Waals surface area (Å²) in [4.78, 5) is 24.0. The second-order valence-electron chi connectivity index (χ2n) is 4.62. The third-order valence-electron chi connectivity index (χ3n) is 3.07. The maximum absolute atomic E-state index is 12.3. The normalized spacial score (nSPS) is 10.6. The highest BCUT2D eigenvalue weighted by atomic mass is 16.5. The van der Waals surface area contributed by atoms with Gasteiger partial charge in [0, 0.05) is 23.6 Å². The molecule has 0 saturated carbocycles. The largest absolute Gasteiger partial charge is 0.497 e. The van der Waals surface area contributed by atoms with E-state index in [0.717, 1.165) is 6.07 Å². The number of ether oxygens (including phenoxy) is 1. The Labute approximate surface area is 124 Å². The molecule has 0 bridgehead atoms. The summed E-state index contributed by atoms with van der Waals surface area (Å²) in [5, 5.41) is 6.75. The predicted molar refractivity (Wildman–Crippen MR) is 78.2 cm³/mol. The molecule has 0 spiro atoms. The molecular formula is C15H12N2O5. The molecule has 1 N–H and O–H groups in total. The van der Waals surface area contributed by atoms with E-state index < -0.39 is 11.5 Å². The molecule has 3 rings (SSSR count). The number of anilines is 1. The number of carbonyl (C=O) groups is 1. The minimum absolute atomic E-state index is 0.189. The summed E-state index contributed by atoms with van der Waals surface area (Å²) in [6.45, 7) is 1.71. The van der Waals surface area contributed by atoms with Crippen LogP contribution in [0.4, 0.5) is 5.82 Å². The van der Waals surface area contributed by atoms with Gasteiger partial charge in [0.1, 0.15) is 17.1 Å². The fourth-order valence-corrected chi connectivity index (χ4v) is 2.07. The average Bonchev–Trinajstić information content (AvgIpc) is 2.90. The van der Waals surface area contributed by atoms with Gasteiger partial charge in [-0.3, -0.25) is 4.79 Å². The number of nitrogens with one attached hydrogen (secondary N) is 1. The van der Waals surface area contributed by atoms with Crippen LogP contribution in [0.5, 0.6) is 5.75 Å². The molecule has 1 aromatic carbocycles. The number of methoxy groups -OCH3 is 1. The van der Waals surface area contributed by atoms with Gasteiger partial charge in [0.05, 0.1) is 12.7 Å². The van der Waals surface area contributed by atoms with Gasteiger partial charge in [-0.15, -0.1) is 0 Å². The van der Waals surface area contributed by atoms with Crippen molar-refractivity contribution in [3.05, 3.63) is 52.1 Å². The van der Waals surface area contributed by atoms with Gasteiger partial charge in [0.25, 0.3) is 5.91 Å². The second kappa shape index (κ2) is 5.36. The topological polar surface area (TPSA) is 94.6 Å². The number of amides is 1. The Kier molecular flexibility index (Phi) is 3.38. The van der Waals surface area contributed by atoms with Crippen LogP contribution < -0.4 is 15.7 Å². The molecular weight excluding hydrogens is 288 g/mol. The molecule has 7 heteroatoms. The third kappa shape index (κ3) is 2.56. The first-order chi connectivity index (χ1) is 10.6. The van der Waals surface area contributed by atoms with E-state index in [0.29, 0.717) is 16.9 Å². The SMILES string of the molecule is COc1ccc2c(C(=O)Nc3cc(C)on3)cc(=O)oc2c1. The lowest BCUT2D eigenvalue weighted by Gasteiger charge is -2.06. The van der Waals surface area contributed by atoms with Crippen molar-refractivity contribution in [3.8, 4) is 5.75 Å². The summed E-state index contributed by atoms with van der Waals surface area (Å²) in [6.07, 6.45) is 0. The Morgan fingerprint density at radius 1 is 1.27 bits per heavy atom. The fourth-order valence-electron chi connectivity index (χ4n) is 2.07. The van der Waals surface area contributed by atoms with Crippen molar-refractivity contribution in [1.82, 2.24) is 5.16 Å². The molecule has 0 atom stereocenters. The van der Waals surface area contributed by atoms with Crippen LogP contribution in [-0.2, 0) is 0 Å². The van der Waals surface area contributed by atoms with Gasteiger partial charge in [-0.25, -0.2) is 4.79 Å². The van der Waals surface area contributed by atoms with Gasteiger partial charge >= 0.3 is 5.63 Å². The minimum Gasteiger partial charge on any atom is -0.497 e. The lowest BCUT2D eigenvalue weighted by molar-refractivity contribution is 0.102. The van der Waals surface area contributed by atoms with Crippen molar-refractivity contribution in [3.63, 3.8) is 0 Å². The Hall–Kier alpha value is -3.09. The van der Waals surface area contributed by atoms with Gasteiger partial charge in [0.15, 0.2) is 5.82 Å². The molecule has 2 heterocycles. The molecule has 7 nitrogen and oxygen atoms in total. The second-order valence-corrected chi connectivity index (χ2v) is 4.62. The number of nitrogens with zero attached hydrogens (tertiary/aromatic N) is 1. The summed E-state index contributed by atoms with van der Waals surface area (Å²) in [5.41, 5.74) is -0.162. The molecule has 0 aliphatic carbocycles. The highest BCUT2D eigenvalue weighted by Gasteiger charge is 2.15. The van der Waals surface area contributed by atoms with Gasteiger partial charge in [-0.2, -0.15) is 0 Å². The monoisotopic (exact) mass is 300 g/mol. The molecule has 0 aliphatic rings. The van der Waals surface area contributed by atoms with Gasteiger partial charge in [0.2, 0.25) is 0 Å². The number of hydrogen-bond acceptors (Lipinski definition) is 6. The third-order valence-corrected chi connectivity index (χ3v) is 3.07. The summed E-state index contributed by atoms with van der Waals surface area (Å²) in [7, 11) is 1.50. The van der Waals surface area contributed by atoms with Crippen molar-refractivity contribution in [1.29, 1.82) is 0 Å². The zero-order chi connectivity index (χ0) is 15.7. The van der Waals surface area contributed by atoms with Crippen molar-refractivity contribution < 1.29 is 18.5 Å². The zero-order valence-corrected chi connectivity index (χ0v) is 11.9. The van der Waals surface area contributed by atoms with Crippen LogP contribution in [0.3, 0.4) is 0 Å². The first-order valence-corrected chi connectivity index (χ1v) is 6.43. The van der Waals surface area contributed by atoms with E-state index in [9.17, 15) is 9.59 Å². The number of carbonyl (C=O) groups excluding carboxylic acids is 1. The Morgan fingerprint density at radius 3 is 2.77 bits per heavy atom. The molecule has 3 aromatic rings. The van der Waals surface area contributed by atoms with E-state index in [4.69, 9.17) is 13.7 Å². The van der Waals surface area contributed by atoms with Crippen LogP contribution >= 0.6 is 0 Å². The van der Waals surface area contributed by atoms with E-state index in [1.165, 1.54) is 7.11 Å². The van der Waals surface area contributed by atoms with Crippen LogP contribution in [0.2, 0.25) is 0 Å². The van der Waals surface area contributed by atoms with Crippen molar-refractivity contribution in [2.24, 2.45) is 0 Å². The van der Waals surface area contributed by atoms with Crippen LogP contribution in [0, 0.1) is 6.92 Å². The number of rotatable bonds is 3. The standard InChI is InChI=1S/C15H12N2O5/c1-8-5-13(17-22-8)16-15(19)11-7-14(18)21-12-6-9(20-2)3-4-10(11)12/h3-7H,1-2H3,(H,16,17,19). The van der Waals surface area contributed by atoms with E-state index in [1.54, 1.807) is 31.2 Å². The van der Waals surface area contributed by atoms with E-state index in [1.807, 2.05) is 0 Å². The summed E-state index contributed by atoms with van der Waals surface area (Å²) in [5.74, 6) is 0.895. The number of hydrogen-bond donors (Lipinski definition) is 1. The van der Waals surface area contributed by atoms with Crippen molar-refractivity contribution in [2.45, 2.75) is 6.92 Å². The number of aryl methyl sites for hydroxylation is 1.